The molecule has 2 heterocycles. The molecule has 0 radical (unpaired) electrons. The molecular formula is C36H59N3O7. The lowest BCUT2D eigenvalue weighted by Crippen LogP contribution is -2.45. The van der Waals surface area contributed by atoms with E-state index in [0.29, 0.717) is 31.7 Å². The second-order valence-corrected chi connectivity index (χ2v) is 12.6. The van der Waals surface area contributed by atoms with Crippen molar-refractivity contribution in [1.82, 2.24) is 14.8 Å². The summed E-state index contributed by atoms with van der Waals surface area (Å²) in [6.07, 6.45) is 21.3. The number of hydrogen-bond acceptors (Lipinski definition) is 8. The van der Waals surface area contributed by atoms with Crippen molar-refractivity contribution < 1.29 is 33.4 Å². The van der Waals surface area contributed by atoms with Crippen molar-refractivity contribution in [1.29, 1.82) is 0 Å². The van der Waals surface area contributed by atoms with Gasteiger partial charge in [0.15, 0.2) is 0 Å². The van der Waals surface area contributed by atoms with E-state index in [4.69, 9.17) is 14.2 Å². The van der Waals surface area contributed by atoms with Gasteiger partial charge in [-0.3, -0.25) is 14.6 Å². The fourth-order valence-corrected chi connectivity index (χ4v) is 5.72. The second-order valence-electron chi connectivity index (χ2n) is 12.6. The third-order valence-electron chi connectivity index (χ3n) is 8.58. The number of imide groups is 2. The molecule has 2 rings (SSSR count). The van der Waals surface area contributed by atoms with Crippen molar-refractivity contribution in [3.63, 3.8) is 0 Å². The van der Waals surface area contributed by atoms with E-state index in [-0.39, 0.29) is 25.7 Å². The van der Waals surface area contributed by atoms with Gasteiger partial charge in [0.25, 0.3) is 0 Å². The van der Waals surface area contributed by atoms with Gasteiger partial charge in [0.2, 0.25) is 11.8 Å². The Bertz CT molecular complexity index is 1010. The summed E-state index contributed by atoms with van der Waals surface area (Å²) in [7, 11) is 0. The Hall–Kier alpha value is -3.01. The molecule has 10 heteroatoms. The minimum absolute atomic E-state index is 0.0230. The van der Waals surface area contributed by atoms with Crippen LogP contribution < -0.4 is 0 Å². The maximum Gasteiger partial charge on any atom is 0.416 e. The molecule has 1 atom stereocenters. The Morgan fingerprint density at radius 3 is 1.67 bits per heavy atom. The van der Waals surface area contributed by atoms with Crippen molar-refractivity contribution in [3.05, 3.63) is 30.1 Å². The first-order chi connectivity index (χ1) is 22.3. The molecule has 0 bridgehead atoms. The molecule has 1 unspecified atom stereocenters. The topological polar surface area (TPSA) is 115 Å². The molecule has 1 saturated heterocycles. The van der Waals surface area contributed by atoms with E-state index in [0.717, 1.165) is 29.1 Å². The first-order valence-electron chi connectivity index (χ1n) is 17.7. The smallest absolute Gasteiger partial charge is 0.416 e. The van der Waals surface area contributed by atoms with Crippen LogP contribution in [0.4, 0.5) is 9.59 Å². The lowest BCUT2D eigenvalue weighted by atomic mass is 10.0. The summed E-state index contributed by atoms with van der Waals surface area (Å²) in [5, 5.41) is 0. The summed E-state index contributed by atoms with van der Waals surface area (Å²) in [4.78, 5) is 56.3. The molecule has 0 aromatic carbocycles. The Morgan fingerprint density at radius 1 is 0.739 bits per heavy atom. The average Bonchev–Trinajstić information content (AvgIpc) is 3.52. The fraction of sp³-hybridized carbons (Fsp3) is 0.750. The molecule has 0 saturated carbocycles. The summed E-state index contributed by atoms with van der Waals surface area (Å²) in [5.41, 5.74) is -0.487. The zero-order chi connectivity index (χ0) is 33.5. The van der Waals surface area contributed by atoms with Crippen LogP contribution in [0, 0.1) is 0 Å². The van der Waals surface area contributed by atoms with Crippen molar-refractivity contribution in [2.75, 3.05) is 26.4 Å². The minimum Gasteiger partial charge on any atom is -0.446 e. The third kappa shape index (κ3) is 16.0. The van der Waals surface area contributed by atoms with E-state index in [9.17, 15) is 19.2 Å². The number of nitrogens with zero attached hydrogens (tertiary/aromatic N) is 3. The number of unbranched alkanes of at least 4 members (excludes halogenated alkanes) is 15. The van der Waals surface area contributed by atoms with Gasteiger partial charge in [-0.15, -0.1) is 0 Å². The van der Waals surface area contributed by atoms with Crippen molar-refractivity contribution in [3.8, 4) is 0 Å². The van der Waals surface area contributed by atoms with Crippen LogP contribution in [0.2, 0.25) is 0 Å². The molecule has 1 aliphatic heterocycles. The lowest BCUT2D eigenvalue weighted by Gasteiger charge is -2.29. The highest BCUT2D eigenvalue weighted by atomic mass is 16.6. The summed E-state index contributed by atoms with van der Waals surface area (Å²) >= 11 is 0. The van der Waals surface area contributed by atoms with Gasteiger partial charge in [0.05, 0.1) is 12.2 Å². The van der Waals surface area contributed by atoms with E-state index >= 15 is 0 Å². The number of hydrogen-bond donors (Lipinski definition) is 0. The Morgan fingerprint density at radius 2 is 1.24 bits per heavy atom. The molecule has 46 heavy (non-hydrogen) atoms. The summed E-state index contributed by atoms with van der Waals surface area (Å²) in [6, 6.07) is 5.23. The van der Waals surface area contributed by atoms with Crippen LogP contribution in [-0.2, 0) is 30.3 Å². The molecular weight excluding hydrogens is 586 g/mol. The van der Waals surface area contributed by atoms with Crippen molar-refractivity contribution >= 4 is 24.0 Å². The monoisotopic (exact) mass is 645 g/mol. The van der Waals surface area contributed by atoms with Gasteiger partial charge >= 0.3 is 12.2 Å². The van der Waals surface area contributed by atoms with Crippen molar-refractivity contribution in [2.45, 2.75) is 148 Å². The second kappa shape index (κ2) is 23.3. The van der Waals surface area contributed by atoms with Crippen LogP contribution in [-0.4, -0.2) is 70.8 Å². The van der Waals surface area contributed by atoms with Gasteiger partial charge in [-0.05, 0) is 31.4 Å². The summed E-state index contributed by atoms with van der Waals surface area (Å²) in [6.45, 7) is 5.25. The largest absolute Gasteiger partial charge is 0.446 e. The number of pyridine rings is 1. The number of carbonyl (C=O) groups excluding carboxylic acids is 4. The standard InChI is InChI=1S/C36H59N3O7/c1-4-5-6-7-8-9-10-11-12-13-14-15-16-17-18-21-26-38(31(2)40)34(42)44-29-36(24-22-27-46-36)30-45-35(43)39(32(3)41)28-33-23-19-20-25-37-33/h19-20,23,25H,4-18,21-22,24,26-30H2,1-3H3. The Labute approximate surface area is 276 Å². The molecule has 0 aliphatic carbocycles. The predicted molar refractivity (Wildman–Crippen MR) is 178 cm³/mol. The number of rotatable bonds is 23. The van der Waals surface area contributed by atoms with Crippen LogP contribution in [0.1, 0.15) is 142 Å². The molecule has 1 aliphatic rings. The van der Waals surface area contributed by atoms with Gasteiger partial charge in [-0.25, -0.2) is 19.4 Å². The third-order valence-corrected chi connectivity index (χ3v) is 8.58. The normalized spacial score (nSPS) is 15.8. The molecule has 0 N–H and O–H groups in total. The Kier molecular flexibility index (Phi) is 19.9. The summed E-state index contributed by atoms with van der Waals surface area (Å²) in [5.74, 6) is -0.847. The van der Waals surface area contributed by atoms with Gasteiger partial charge in [-0.1, -0.05) is 109 Å². The van der Waals surface area contributed by atoms with E-state index in [2.05, 4.69) is 11.9 Å². The fourth-order valence-electron chi connectivity index (χ4n) is 5.72. The molecule has 10 nitrogen and oxygen atoms in total. The number of aromatic nitrogens is 1. The Balaban J connectivity index is 1.64. The molecule has 260 valence electrons. The van der Waals surface area contributed by atoms with Crippen LogP contribution >= 0.6 is 0 Å². The van der Waals surface area contributed by atoms with Crippen LogP contribution in [0.15, 0.2) is 24.4 Å². The van der Waals surface area contributed by atoms with Gasteiger partial charge in [0.1, 0.15) is 18.8 Å². The highest BCUT2D eigenvalue weighted by Gasteiger charge is 2.40. The molecule has 1 aromatic rings. The van der Waals surface area contributed by atoms with Gasteiger partial charge < -0.3 is 14.2 Å². The van der Waals surface area contributed by atoms with E-state index in [1.165, 1.54) is 97.3 Å². The van der Waals surface area contributed by atoms with E-state index < -0.39 is 23.7 Å². The SMILES string of the molecule is CCCCCCCCCCCCCCCCCCN(C(C)=O)C(=O)OCC1(COC(=O)N(Cc2ccccn2)C(C)=O)CCCO1. The quantitative estimate of drug-likeness (QED) is 0.109. The first-order valence-corrected chi connectivity index (χ1v) is 17.7. The molecule has 1 aromatic heterocycles. The first kappa shape index (κ1) is 39.2. The zero-order valence-electron chi connectivity index (χ0n) is 28.8. The molecule has 0 spiro atoms. The minimum atomic E-state index is -1.03. The van der Waals surface area contributed by atoms with Crippen molar-refractivity contribution in [2.24, 2.45) is 0 Å². The maximum absolute atomic E-state index is 12.9. The highest BCUT2D eigenvalue weighted by molar-refractivity contribution is 5.91. The van der Waals surface area contributed by atoms with Gasteiger partial charge in [-0.2, -0.15) is 0 Å². The van der Waals surface area contributed by atoms with Crippen LogP contribution in [0.5, 0.6) is 0 Å². The van der Waals surface area contributed by atoms with Crippen LogP contribution in [0.25, 0.3) is 0 Å². The number of carbonyl (C=O) groups is 4. The number of amides is 4. The summed E-state index contributed by atoms with van der Waals surface area (Å²) < 4.78 is 16.9. The van der Waals surface area contributed by atoms with E-state index in [1.54, 1.807) is 24.4 Å². The maximum atomic E-state index is 12.9. The molecule has 4 amide bonds. The highest BCUT2D eigenvalue weighted by Crippen LogP contribution is 2.27. The lowest BCUT2D eigenvalue weighted by molar-refractivity contribution is -0.129. The number of ether oxygens (including phenoxy) is 3. The predicted octanol–water partition coefficient (Wildman–Crippen LogP) is 8.36. The zero-order valence-corrected chi connectivity index (χ0v) is 28.8. The van der Waals surface area contributed by atoms with E-state index in [1.807, 2.05) is 0 Å². The average molecular weight is 646 g/mol. The van der Waals surface area contributed by atoms with Crippen LogP contribution in [0.3, 0.4) is 0 Å². The molecule has 1 fully saturated rings. The van der Waals surface area contributed by atoms with Gasteiger partial charge in [0, 0.05) is 33.2 Å².